The van der Waals surface area contributed by atoms with Gasteiger partial charge in [0.1, 0.15) is 5.82 Å². The van der Waals surface area contributed by atoms with Crippen molar-refractivity contribution in [2.24, 2.45) is 11.8 Å². The van der Waals surface area contributed by atoms with Crippen LogP contribution in [0.15, 0.2) is 12.4 Å². The fourth-order valence-electron chi connectivity index (χ4n) is 1.84. The Kier molecular flexibility index (Phi) is 2.86. The summed E-state index contributed by atoms with van der Waals surface area (Å²) in [6.45, 7) is 4.32. The lowest BCUT2D eigenvalue weighted by atomic mass is 10.3. The van der Waals surface area contributed by atoms with Crippen molar-refractivity contribution in [2.45, 2.75) is 19.9 Å². The predicted molar refractivity (Wildman–Crippen MR) is 60.0 cm³/mol. The lowest BCUT2D eigenvalue weighted by Crippen LogP contribution is -2.21. The number of nitrogens with two attached hydrogens (primary N) is 1. The molecule has 2 rings (SSSR count). The normalized spacial score (nSPS) is 24.5. The molecule has 1 aromatic heterocycles. The van der Waals surface area contributed by atoms with Gasteiger partial charge >= 0.3 is 0 Å². The van der Waals surface area contributed by atoms with Gasteiger partial charge in [0.2, 0.25) is 0 Å². The molecule has 0 saturated heterocycles. The number of rotatable bonds is 4. The number of aromatic nitrogens is 2. The van der Waals surface area contributed by atoms with Crippen molar-refractivity contribution in [1.29, 1.82) is 0 Å². The van der Waals surface area contributed by atoms with Crippen molar-refractivity contribution < 1.29 is 0 Å². The van der Waals surface area contributed by atoms with Crippen molar-refractivity contribution in [3.05, 3.63) is 18.1 Å². The lowest BCUT2D eigenvalue weighted by Gasteiger charge is -2.15. The smallest absolute Gasteiger partial charge is 0.141 e. The third kappa shape index (κ3) is 2.89. The summed E-state index contributed by atoms with van der Waals surface area (Å²) in [5.74, 6) is 2.28. The van der Waals surface area contributed by atoms with E-state index in [9.17, 15) is 0 Å². The predicted octanol–water partition coefficient (Wildman–Crippen LogP) is 1.15. The van der Waals surface area contributed by atoms with Gasteiger partial charge in [0.25, 0.3) is 0 Å². The Morgan fingerprint density at radius 1 is 1.47 bits per heavy atom. The van der Waals surface area contributed by atoms with E-state index in [0.717, 1.165) is 30.6 Å². The topological polar surface area (TPSA) is 55.0 Å². The molecule has 4 nitrogen and oxygen atoms in total. The summed E-state index contributed by atoms with van der Waals surface area (Å²) in [5.41, 5.74) is 6.47. The Morgan fingerprint density at radius 3 is 2.73 bits per heavy atom. The lowest BCUT2D eigenvalue weighted by molar-refractivity contribution is 0.303. The van der Waals surface area contributed by atoms with Gasteiger partial charge in [0.15, 0.2) is 0 Å². The first-order valence-corrected chi connectivity index (χ1v) is 5.40. The molecule has 1 heterocycles. The minimum atomic E-state index is 0.484. The van der Waals surface area contributed by atoms with Gasteiger partial charge in [0, 0.05) is 13.1 Å². The molecule has 4 heteroatoms. The first-order valence-electron chi connectivity index (χ1n) is 5.40. The monoisotopic (exact) mass is 206 g/mol. The molecular formula is C11H18N4. The molecule has 1 fully saturated rings. The van der Waals surface area contributed by atoms with E-state index < -0.39 is 0 Å². The molecule has 0 amide bonds. The first kappa shape index (κ1) is 10.4. The fourth-order valence-corrected chi connectivity index (χ4v) is 1.84. The van der Waals surface area contributed by atoms with Crippen LogP contribution < -0.4 is 5.73 Å². The zero-order valence-electron chi connectivity index (χ0n) is 9.35. The Morgan fingerprint density at radius 2 is 2.20 bits per heavy atom. The van der Waals surface area contributed by atoms with E-state index in [1.165, 1.54) is 6.42 Å². The van der Waals surface area contributed by atoms with Crippen molar-refractivity contribution >= 4 is 5.82 Å². The van der Waals surface area contributed by atoms with Crippen molar-refractivity contribution in [3.63, 3.8) is 0 Å². The van der Waals surface area contributed by atoms with Gasteiger partial charge in [-0.25, -0.2) is 4.98 Å². The number of hydrogen-bond acceptors (Lipinski definition) is 4. The highest BCUT2D eigenvalue weighted by molar-refractivity contribution is 5.22. The molecule has 1 aliphatic carbocycles. The van der Waals surface area contributed by atoms with Crippen molar-refractivity contribution in [1.82, 2.24) is 14.9 Å². The summed E-state index contributed by atoms with van der Waals surface area (Å²) < 4.78 is 0. The Labute approximate surface area is 90.5 Å². The van der Waals surface area contributed by atoms with E-state index in [2.05, 4.69) is 28.8 Å². The minimum Gasteiger partial charge on any atom is -0.382 e. The van der Waals surface area contributed by atoms with Gasteiger partial charge in [-0.3, -0.25) is 4.98 Å². The number of nitrogens with zero attached hydrogens (tertiary/aromatic N) is 3. The summed E-state index contributed by atoms with van der Waals surface area (Å²) in [6.07, 6.45) is 4.74. The second kappa shape index (κ2) is 4.14. The van der Waals surface area contributed by atoms with E-state index in [1.54, 1.807) is 12.4 Å². The van der Waals surface area contributed by atoms with Crippen LogP contribution in [0.5, 0.6) is 0 Å². The third-order valence-corrected chi connectivity index (χ3v) is 2.98. The maximum Gasteiger partial charge on any atom is 0.141 e. The van der Waals surface area contributed by atoms with Crippen LogP contribution in [0.3, 0.4) is 0 Å². The second-order valence-electron chi connectivity index (χ2n) is 4.60. The van der Waals surface area contributed by atoms with Crippen LogP contribution in [-0.4, -0.2) is 28.5 Å². The number of anilines is 1. The SMILES string of the molecule is CC1CC1CN(C)Cc1cnc(N)cn1. The van der Waals surface area contributed by atoms with Gasteiger partial charge < -0.3 is 10.6 Å². The zero-order valence-corrected chi connectivity index (χ0v) is 9.35. The summed E-state index contributed by atoms with van der Waals surface area (Å²) >= 11 is 0. The highest BCUT2D eigenvalue weighted by atomic mass is 15.1. The summed E-state index contributed by atoms with van der Waals surface area (Å²) in [6, 6.07) is 0. The molecule has 2 N–H and O–H groups in total. The van der Waals surface area contributed by atoms with Crippen LogP contribution >= 0.6 is 0 Å². The molecule has 2 unspecified atom stereocenters. The molecule has 0 aliphatic heterocycles. The Hall–Kier alpha value is -1.16. The molecule has 15 heavy (non-hydrogen) atoms. The average Bonchev–Trinajstić information content (AvgIpc) is 2.86. The molecule has 0 spiro atoms. The van der Waals surface area contributed by atoms with E-state index in [4.69, 9.17) is 5.73 Å². The highest BCUT2D eigenvalue weighted by Crippen LogP contribution is 2.38. The fraction of sp³-hybridized carbons (Fsp3) is 0.636. The molecule has 0 radical (unpaired) electrons. The molecule has 0 aromatic carbocycles. The minimum absolute atomic E-state index is 0.484. The third-order valence-electron chi connectivity index (χ3n) is 2.98. The number of nitrogen functional groups attached to an aromatic ring is 1. The Bertz CT molecular complexity index is 322. The standard InChI is InChI=1S/C11H18N4/c1-8-3-9(8)6-15(2)7-10-4-14-11(12)5-13-10/h4-5,8-9H,3,6-7H2,1-2H3,(H2,12,14). The quantitative estimate of drug-likeness (QED) is 0.802. The molecule has 1 aromatic rings. The van der Waals surface area contributed by atoms with Gasteiger partial charge in [-0.15, -0.1) is 0 Å². The van der Waals surface area contributed by atoms with Crippen LogP contribution in [-0.2, 0) is 6.54 Å². The average molecular weight is 206 g/mol. The first-order chi connectivity index (χ1) is 7.15. The maximum absolute atomic E-state index is 5.48. The molecular weight excluding hydrogens is 188 g/mol. The molecule has 82 valence electrons. The van der Waals surface area contributed by atoms with Crippen LogP contribution in [0.4, 0.5) is 5.82 Å². The summed E-state index contributed by atoms with van der Waals surface area (Å²) in [4.78, 5) is 10.6. The van der Waals surface area contributed by atoms with E-state index in [0.29, 0.717) is 5.82 Å². The van der Waals surface area contributed by atoms with Crippen molar-refractivity contribution in [3.8, 4) is 0 Å². The van der Waals surface area contributed by atoms with Crippen LogP contribution in [0, 0.1) is 11.8 Å². The molecule has 2 atom stereocenters. The maximum atomic E-state index is 5.48. The Balaban J connectivity index is 1.82. The molecule has 1 saturated carbocycles. The summed E-state index contributed by atoms with van der Waals surface area (Å²) in [7, 11) is 2.13. The van der Waals surface area contributed by atoms with Gasteiger partial charge in [-0.1, -0.05) is 6.92 Å². The van der Waals surface area contributed by atoms with Crippen LogP contribution in [0.25, 0.3) is 0 Å². The molecule has 1 aliphatic rings. The largest absolute Gasteiger partial charge is 0.382 e. The van der Waals surface area contributed by atoms with E-state index in [1.807, 2.05) is 0 Å². The van der Waals surface area contributed by atoms with Crippen LogP contribution in [0.2, 0.25) is 0 Å². The van der Waals surface area contributed by atoms with Gasteiger partial charge in [-0.2, -0.15) is 0 Å². The summed E-state index contributed by atoms with van der Waals surface area (Å²) in [5, 5.41) is 0. The van der Waals surface area contributed by atoms with Crippen LogP contribution in [0.1, 0.15) is 19.0 Å². The second-order valence-corrected chi connectivity index (χ2v) is 4.60. The molecule has 0 bridgehead atoms. The zero-order chi connectivity index (χ0) is 10.8. The van der Waals surface area contributed by atoms with Crippen molar-refractivity contribution in [2.75, 3.05) is 19.3 Å². The van der Waals surface area contributed by atoms with E-state index in [-0.39, 0.29) is 0 Å². The van der Waals surface area contributed by atoms with E-state index >= 15 is 0 Å². The van der Waals surface area contributed by atoms with Gasteiger partial charge in [0.05, 0.1) is 18.1 Å². The highest BCUT2D eigenvalue weighted by Gasteiger charge is 2.32. The number of hydrogen-bond donors (Lipinski definition) is 1. The van der Waals surface area contributed by atoms with Gasteiger partial charge in [-0.05, 0) is 25.3 Å².